The molecule has 3 aromatic carbocycles. The maximum absolute atomic E-state index is 12.3. The lowest BCUT2D eigenvalue weighted by atomic mass is 10.2. The molecule has 0 atom stereocenters. The van der Waals surface area contributed by atoms with Gasteiger partial charge in [-0.25, -0.2) is 14.4 Å². The van der Waals surface area contributed by atoms with Gasteiger partial charge in [0.05, 0.1) is 0 Å². The van der Waals surface area contributed by atoms with Crippen molar-refractivity contribution >= 4 is 17.9 Å². The van der Waals surface area contributed by atoms with Crippen LogP contribution in [0, 0.1) is 0 Å². The summed E-state index contributed by atoms with van der Waals surface area (Å²) in [4.78, 5) is 51.3. The molecule has 0 radical (unpaired) electrons. The molecule has 10 nitrogen and oxygen atoms in total. The number of benzene rings is 3. The maximum atomic E-state index is 12.3. The minimum absolute atomic E-state index is 0.182. The Balaban J connectivity index is 1.84. The molecule has 0 fully saturated rings. The van der Waals surface area contributed by atoms with Crippen LogP contribution in [0.2, 0.25) is 0 Å². The van der Waals surface area contributed by atoms with E-state index in [1.165, 1.54) is 72.8 Å². The van der Waals surface area contributed by atoms with Crippen molar-refractivity contribution in [3.63, 3.8) is 0 Å². The Morgan fingerprint density at radius 3 is 1.03 bits per heavy atom. The largest absolute Gasteiger partial charge is 0.507 e. The highest BCUT2D eigenvalue weighted by Crippen LogP contribution is 2.22. The van der Waals surface area contributed by atoms with Crippen molar-refractivity contribution in [1.29, 1.82) is 0 Å². The first-order valence-electron chi connectivity index (χ1n) is 8.68. The lowest BCUT2D eigenvalue weighted by Gasteiger charge is -2.18. The molecule has 0 saturated carbocycles. The highest BCUT2D eigenvalue weighted by atomic mass is 17.2. The van der Waals surface area contributed by atoms with Crippen LogP contribution >= 0.6 is 0 Å². The Morgan fingerprint density at radius 2 is 0.774 bits per heavy atom. The van der Waals surface area contributed by atoms with Crippen molar-refractivity contribution in [2.75, 3.05) is 0 Å². The first-order chi connectivity index (χ1) is 14.9. The Bertz CT molecular complexity index is 988. The van der Waals surface area contributed by atoms with Crippen LogP contribution in [0.15, 0.2) is 72.8 Å². The molecule has 0 heterocycles. The van der Waals surface area contributed by atoms with E-state index < -0.39 is 35.2 Å². The minimum Gasteiger partial charge on any atom is -0.507 e. The van der Waals surface area contributed by atoms with Crippen LogP contribution in [0.25, 0.3) is 0 Å². The molecule has 0 unspecified atom stereocenters. The first kappa shape index (κ1) is 21.1. The fourth-order valence-electron chi connectivity index (χ4n) is 2.35. The smallest absolute Gasteiger partial charge is 0.367 e. The van der Waals surface area contributed by atoms with Crippen molar-refractivity contribution < 1.29 is 44.2 Å². The second kappa shape index (κ2) is 9.29. The summed E-state index contributed by atoms with van der Waals surface area (Å²) < 4.78 is 0. The number of nitrogens with zero attached hydrogens (tertiary/aromatic N) is 1. The molecular weight excluding hydrogens is 410 g/mol. The average molecular weight is 425 g/mol. The number of rotatable bonds is 6. The third-order valence-electron chi connectivity index (χ3n) is 3.84. The molecule has 0 spiro atoms. The monoisotopic (exact) mass is 425 g/mol. The quantitative estimate of drug-likeness (QED) is 0.504. The first-order valence-corrected chi connectivity index (χ1v) is 8.68. The van der Waals surface area contributed by atoms with Crippen LogP contribution in [-0.2, 0) is 14.5 Å². The molecule has 3 N–H and O–H groups in total. The zero-order valence-electron chi connectivity index (χ0n) is 15.7. The Hall–Kier alpha value is -4.57. The van der Waals surface area contributed by atoms with Gasteiger partial charge in [-0.1, -0.05) is 36.4 Å². The van der Waals surface area contributed by atoms with Gasteiger partial charge in [-0.2, -0.15) is 0 Å². The van der Waals surface area contributed by atoms with E-state index in [1.807, 2.05) is 0 Å². The zero-order valence-corrected chi connectivity index (χ0v) is 15.7. The second-order valence-electron chi connectivity index (χ2n) is 5.91. The molecule has 10 heteroatoms. The van der Waals surface area contributed by atoms with Gasteiger partial charge < -0.3 is 15.3 Å². The predicted octanol–water partition coefficient (Wildman–Crippen LogP) is 2.72. The van der Waals surface area contributed by atoms with Gasteiger partial charge in [0.15, 0.2) is 0 Å². The van der Waals surface area contributed by atoms with Gasteiger partial charge >= 0.3 is 17.9 Å². The molecule has 158 valence electrons. The number of hydrogen-bond donors (Lipinski definition) is 3. The minimum atomic E-state index is -1.23. The topological polar surface area (TPSA) is 143 Å². The Morgan fingerprint density at radius 1 is 0.516 bits per heavy atom. The Labute approximate surface area is 174 Å². The third kappa shape index (κ3) is 5.08. The van der Waals surface area contributed by atoms with E-state index in [9.17, 15) is 29.7 Å². The van der Waals surface area contributed by atoms with Crippen molar-refractivity contribution in [3.05, 3.63) is 89.5 Å². The number of para-hydroxylation sites is 3. The standard InChI is InChI=1S/C21H15NO9/c23-16-10-4-1-7-13(16)19(26)29-22(30-20(27)14-8-2-5-11-17(14)24)31-21(28)15-9-3-6-12-18(15)25/h1-12,23-25H. The number of phenolic OH excluding ortho intramolecular Hbond substituents is 3. The van der Waals surface area contributed by atoms with Gasteiger partial charge in [0, 0.05) is 0 Å². The molecule has 31 heavy (non-hydrogen) atoms. The zero-order chi connectivity index (χ0) is 22.4. The van der Waals surface area contributed by atoms with Crippen LogP contribution < -0.4 is 0 Å². The van der Waals surface area contributed by atoms with E-state index in [0.717, 1.165) is 0 Å². The summed E-state index contributed by atoms with van der Waals surface area (Å²) in [6.07, 6.45) is 0. The molecule has 0 bridgehead atoms. The molecule has 3 rings (SSSR count). The summed E-state index contributed by atoms with van der Waals surface area (Å²) in [5.41, 5.74) is -0.945. The van der Waals surface area contributed by atoms with Crippen molar-refractivity contribution in [2.24, 2.45) is 0 Å². The summed E-state index contributed by atoms with van der Waals surface area (Å²) in [6, 6.07) is 16.0. The van der Waals surface area contributed by atoms with E-state index in [4.69, 9.17) is 14.5 Å². The van der Waals surface area contributed by atoms with Gasteiger partial charge in [-0.3, -0.25) is 14.5 Å². The molecule has 0 aliphatic rings. The van der Waals surface area contributed by atoms with Crippen LogP contribution in [0.4, 0.5) is 0 Å². The van der Waals surface area contributed by atoms with Gasteiger partial charge in [-0.15, -0.1) is 0 Å². The molecule has 3 aromatic rings. The van der Waals surface area contributed by atoms with E-state index >= 15 is 0 Å². The molecule has 0 aliphatic carbocycles. The number of carbonyl (C=O) groups is 3. The van der Waals surface area contributed by atoms with Crippen LogP contribution in [-0.4, -0.2) is 38.6 Å². The fraction of sp³-hybridized carbons (Fsp3) is 0. The summed E-state index contributed by atoms with van der Waals surface area (Å²) in [6.45, 7) is 0. The van der Waals surface area contributed by atoms with E-state index in [0.29, 0.717) is 0 Å². The maximum Gasteiger partial charge on any atom is 0.367 e. The molecule has 0 saturated heterocycles. The normalized spacial score (nSPS) is 10.4. The predicted molar refractivity (Wildman–Crippen MR) is 102 cm³/mol. The molecule has 0 aliphatic heterocycles. The summed E-state index contributed by atoms with van der Waals surface area (Å²) in [7, 11) is 0. The third-order valence-corrected chi connectivity index (χ3v) is 3.84. The van der Waals surface area contributed by atoms with Gasteiger partial charge in [-0.05, 0) is 36.4 Å². The van der Waals surface area contributed by atoms with Crippen molar-refractivity contribution in [2.45, 2.75) is 0 Å². The number of aromatic hydroxyl groups is 3. The van der Waals surface area contributed by atoms with E-state index in [1.54, 1.807) is 0 Å². The summed E-state index contributed by atoms with van der Waals surface area (Å²) >= 11 is 0. The van der Waals surface area contributed by atoms with Crippen LogP contribution in [0.3, 0.4) is 0 Å². The van der Waals surface area contributed by atoms with Gasteiger partial charge in [0.25, 0.3) is 0 Å². The second-order valence-corrected chi connectivity index (χ2v) is 5.91. The average Bonchev–Trinajstić information content (AvgIpc) is 2.74. The highest BCUT2D eigenvalue weighted by molar-refractivity contribution is 5.94. The SMILES string of the molecule is O=C(ON(OC(=O)c1ccccc1O)OC(=O)c1ccccc1O)c1ccccc1O. The van der Waals surface area contributed by atoms with Gasteiger partial charge in [0.2, 0.25) is 5.39 Å². The highest BCUT2D eigenvalue weighted by Gasteiger charge is 2.28. The van der Waals surface area contributed by atoms with E-state index in [-0.39, 0.29) is 22.1 Å². The Kier molecular flexibility index (Phi) is 6.33. The molecule has 0 aromatic heterocycles. The van der Waals surface area contributed by atoms with Crippen LogP contribution in [0.1, 0.15) is 31.1 Å². The number of carbonyl (C=O) groups excluding carboxylic acids is 3. The van der Waals surface area contributed by atoms with Crippen molar-refractivity contribution in [3.8, 4) is 17.2 Å². The summed E-state index contributed by atoms with van der Waals surface area (Å²) in [5, 5.41) is 29.2. The summed E-state index contributed by atoms with van der Waals surface area (Å²) in [5.74, 6) is -5.00. The lowest BCUT2D eigenvalue weighted by molar-refractivity contribution is -0.449. The lowest BCUT2D eigenvalue weighted by Crippen LogP contribution is -2.33. The molecular formula is C21H15NO9. The van der Waals surface area contributed by atoms with E-state index in [2.05, 4.69) is 0 Å². The van der Waals surface area contributed by atoms with Crippen molar-refractivity contribution in [1.82, 2.24) is 5.39 Å². The fourth-order valence-corrected chi connectivity index (χ4v) is 2.35. The number of hydrogen-bond acceptors (Lipinski definition) is 10. The molecule has 0 amide bonds. The van der Waals surface area contributed by atoms with Crippen LogP contribution in [0.5, 0.6) is 17.2 Å². The number of phenols is 3. The van der Waals surface area contributed by atoms with Gasteiger partial charge in [0.1, 0.15) is 33.9 Å².